The summed E-state index contributed by atoms with van der Waals surface area (Å²) in [5.74, 6) is -0.223. The zero-order chi connectivity index (χ0) is 15.2. The van der Waals surface area contributed by atoms with Crippen molar-refractivity contribution in [3.05, 3.63) is 42.2 Å². The summed E-state index contributed by atoms with van der Waals surface area (Å²) in [6.45, 7) is 2.45. The molecule has 0 aliphatic carbocycles. The van der Waals surface area contributed by atoms with Crippen molar-refractivity contribution in [3.63, 3.8) is 0 Å². The standard InChI is InChI=1S/C16H19FN2OS/c1-3-7-20-16-10-15(14(18)9-13(16)17)19-11-5-4-6-12(8-11)21-2/h4-6,8-10,19H,3,7,18H2,1-2H3. The summed E-state index contributed by atoms with van der Waals surface area (Å²) in [5, 5.41) is 3.21. The van der Waals surface area contributed by atoms with Gasteiger partial charge in [-0.3, -0.25) is 0 Å². The Bertz CT molecular complexity index is 619. The smallest absolute Gasteiger partial charge is 0.167 e. The van der Waals surface area contributed by atoms with Crippen LogP contribution in [0.3, 0.4) is 0 Å². The van der Waals surface area contributed by atoms with E-state index in [9.17, 15) is 4.39 Å². The van der Waals surface area contributed by atoms with Crippen molar-refractivity contribution in [1.82, 2.24) is 0 Å². The average Bonchev–Trinajstić information content (AvgIpc) is 2.49. The quantitative estimate of drug-likeness (QED) is 0.602. The topological polar surface area (TPSA) is 47.3 Å². The Morgan fingerprint density at radius 1 is 1.29 bits per heavy atom. The summed E-state index contributed by atoms with van der Waals surface area (Å²) in [6, 6.07) is 10.8. The normalized spacial score (nSPS) is 10.4. The molecule has 21 heavy (non-hydrogen) atoms. The van der Waals surface area contributed by atoms with Crippen LogP contribution in [0.4, 0.5) is 21.5 Å². The van der Waals surface area contributed by atoms with E-state index in [1.165, 1.54) is 6.07 Å². The van der Waals surface area contributed by atoms with Crippen molar-refractivity contribution in [2.45, 2.75) is 18.2 Å². The number of hydrogen-bond donors (Lipinski definition) is 2. The van der Waals surface area contributed by atoms with Gasteiger partial charge >= 0.3 is 0 Å². The van der Waals surface area contributed by atoms with Gasteiger partial charge in [-0.15, -0.1) is 11.8 Å². The van der Waals surface area contributed by atoms with Crippen LogP contribution in [0.5, 0.6) is 5.75 Å². The Balaban J connectivity index is 2.25. The lowest BCUT2D eigenvalue weighted by molar-refractivity contribution is 0.301. The van der Waals surface area contributed by atoms with Gasteiger partial charge in [0, 0.05) is 22.7 Å². The van der Waals surface area contributed by atoms with Crippen molar-refractivity contribution in [2.75, 3.05) is 23.9 Å². The maximum Gasteiger partial charge on any atom is 0.167 e. The summed E-state index contributed by atoms with van der Waals surface area (Å²) in [5.41, 5.74) is 7.77. The lowest BCUT2D eigenvalue weighted by Gasteiger charge is -2.13. The van der Waals surface area contributed by atoms with Gasteiger partial charge < -0.3 is 15.8 Å². The molecule has 0 atom stereocenters. The lowest BCUT2D eigenvalue weighted by atomic mass is 10.2. The number of hydrogen-bond acceptors (Lipinski definition) is 4. The molecule has 0 aliphatic rings. The van der Waals surface area contributed by atoms with E-state index in [1.807, 2.05) is 37.4 Å². The molecule has 2 aromatic carbocycles. The van der Waals surface area contributed by atoms with Crippen molar-refractivity contribution in [3.8, 4) is 5.75 Å². The second-order valence-electron chi connectivity index (χ2n) is 4.58. The van der Waals surface area contributed by atoms with Gasteiger partial charge in [0.1, 0.15) is 0 Å². The number of rotatable bonds is 6. The van der Waals surface area contributed by atoms with Crippen LogP contribution >= 0.6 is 11.8 Å². The molecule has 0 aliphatic heterocycles. The highest BCUT2D eigenvalue weighted by atomic mass is 32.2. The van der Waals surface area contributed by atoms with Crippen LogP contribution in [0.25, 0.3) is 0 Å². The van der Waals surface area contributed by atoms with Crippen LogP contribution in [-0.2, 0) is 0 Å². The number of anilines is 3. The third-order valence-electron chi connectivity index (χ3n) is 2.91. The molecule has 0 bridgehead atoms. The van der Waals surface area contributed by atoms with Gasteiger partial charge in [0.15, 0.2) is 11.6 Å². The highest BCUT2D eigenvalue weighted by molar-refractivity contribution is 7.98. The van der Waals surface area contributed by atoms with E-state index >= 15 is 0 Å². The molecule has 5 heteroatoms. The lowest BCUT2D eigenvalue weighted by Crippen LogP contribution is -2.02. The van der Waals surface area contributed by atoms with Gasteiger partial charge in [-0.25, -0.2) is 4.39 Å². The molecule has 112 valence electrons. The van der Waals surface area contributed by atoms with E-state index in [-0.39, 0.29) is 5.75 Å². The molecule has 0 amide bonds. The Hall–Kier alpha value is -1.88. The van der Waals surface area contributed by atoms with E-state index in [4.69, 9.17) is 10.5 Å². The minimum atomic E-state index is -0.440. The van der Waals surface area contributed by atoms with Crippen LogP contribution in [0.1, 0.15) is 13.3 Å². The van der Waals surface area contributed by atoms with Crippen LogP contribution in [0.15, 0.2) is 41.3 Å². The monoisotopic (exact) mass is 306 g/mol. The zero-order valence-electron chi connectivity index (χ0n) is 12.2. The molecule has 0 aromatic heterocycles. The second kappa shape index (κ2) is 7.22. The Kier molecular flexibility index (Phi) is 5.33. The maximum atomic E-state index is 13.8. The molecule has 3 N–H and O–H groups in total. The highest BCUT2D eigenvalue weighted by Gasteiger charge is 2.09. The summed E-state index contributed by atoms with van der Waals surface area (Å²) >= 11 is 1.66. The largest absolute Gasteiger partial charge is 0.490 e. The van der Waals surface area contributed by atoms with Gasteiger partial charge in [0.05, 0.1) is 18.0 Å². The summed E-state index contributed by atoms with van der Waals surface area (Å²) < 4.78 is 19.2. The Morgan fingerprint density at radius 3 is 2.81 bits per heavy atom. The highest BCUT2D eigenvalue weighted by Crippen LogP contribution is 2.31. The molecule has 2 aromatic rings. The maximum absolute atomic E-state index is 13.8. The fraction of sp³-hybridized carbons (Fsp3) is 0.250. The summed E-state index contributed by atoms with van der Waals surface area (Å²) in [6.07, 6.45) is 2.84. The summed E-state index contributed by atoms with van der Waals surface area (Å²) in [7, 11) is 0. The average molecular weight is 306 g/mol. The molecular weight excluding hydrogens is 287 g/mol. The number of nitrogens with one attached hydrogen (secondary N) is 1. The molecule has 0 unspecified atom stereocenters. The molecule has 3 nitrogen and oxygen atoms in total. The molecule has 0 saturated heterocycles. The number of nitrogens with two attached hydrogens (primary N) is 1. The van der Waals surface area contributed by atoms with Crippen molar-refractivity contribution in [2.24, 2.45) is 0 Å². The first-order valence-corrected chi connectivity index (χ1v) is 7.99. The number of thioether (sulfide) groups is 1. The van der Waals surface area contributed by atoms with Crippen molar-refractivity contribution < 1.29 is 9.13 Å². The van der Waals surface area contributed by atoms with Crippen LogP contribution < -0.4 is 15.8 Å². The van der Waals surface area contributed by atoms with Crippen LogP contribution in [0.2, 0.25) is 0 Å². The molecule has 0 saturated carbocycles. The van der Waals surface area contributed by atoms with Gasteiger partial charge in [0.25, 0.3) is 0 Å². The first-order valence-electron chi connectivity index (χ1n) is 6.77. The van der Waals surface area contributed by atoms with E-state index in [0.29, 0.717) is 18.0 Å². The number of halogens is 1. The Morgan fingerprint density at radius 2 is 2.10 bits per heavy atom. The predicted molar refractivity (Wildman–Crippen MR) is 88.1 cm³/mol. The first kappa shape index (κ1) is 15.5. The Labute approximate surface area is 128 Å². The minimum Gasteiger partial charge on any atom is -0.490 e. The number of benzene rings is 2. The van der Waals surface area contributed by atoms with Gasteiger partial charge in [-0.05, 0) is 30.9 Å². The molecular formula is C16H19FN2OS. The van der Waals surface area contributed by atoms with Gasteiger partial charge in [0.2, 0.25) is 0 Å². The molecule has 0 heterocycles. The van der Waals surface area contributed by atoms with Gasteiger partial charge in [-0.2, -0.15) is 0 Å². The number of ether oxygens (including phenoxy) is 1. The first-order chi connectivity index (χ1) is 10.1. The van der Waals surface area contributed by atoms with Crippen molar-refractivity contribution in [1.29, 1.82) is 0 Å². The third kappa shape index (κ3) is 4.04. The van der Waals surface area contributed by atoms with E-state index in [0.717, 1.165) is 17.0 Å². The zero-order valence-corrected chi connectivity index (χ0v) is 13.0. The second-order valence-corrected chi connectivity index (χ2v) is 5.45. The molecule has 0 radical (unpaired) electrons. The number of nitrogen functional groups attached to an aromatic ring is 1. The van der Waals surface area contributed by atoms with E-state index < -0.39 is 5.82 Å². The molecule has 0 spiro atoms. The van der Waals surface area contributed by atoms with E-state index in [1.54, 1.807) is 17.8 Å². The SMILES string of the molecule is CCCOc1cc(Nc2cccc(SC)c2)c(N)cc1F. The van der Waals surface area contributed by atoms with Gasteiger partial charge in [-0.1, -0.05) is 13.0 Å². The molecule has 0 fully saturated rings. The predicted octanol–water partition coefficient (Wildman–Crippen LogP) is 4.66. The van der Waals surface area contributed by atoms with Crippen LogP contribution in [0, 0.1) is 5.82 Å². The van der Waals surface area contributed by atoms with E-state index in [2.05, 4.69) is 5.32 Å². The fourth-order valence-corrected chi connectivity index (χ4v) is 2.32. The third-order valence-corrected chi connectivity index (χ3v) is 3.64. The van der Waals surface area contributed by atoms with Crippen LogP contribution in [-0.4, -0.2) is 12.9 Å². The fourth-order valence-electron chi connectivity index (χ4n) is 1.86. The van der Waals surface area contributed by atoms with Crippen molar-refractivity contribution >= 4 is 28.8 Å². The molecule has 2 rings (SSSR count). The summed E-state index contributed by atoms with van der Waals surface area (Å²) in [4.78, 5) is 1.14. The minimum absolute atomic E-state index is 0.217.